The van der Waals surface area contributed by atoms with Gasteiger partial charge in [-0.1, -0.05) is 13.0 Å². The average molecular weight is 521 g/mol. The number of carbonyl (C=O) groups excluding carboxylic acids is 1. The third-order valence-corrected chi connectivity index (χ3v) is 9.05. The number of fused-ring (bicyclic) bond motifs is 1. The Kier molecular flexibility index (Phi) is 6.24. The number of hydrogen-bond acceptors (Lipinski definition) is 6. The van der Waals surface area contributed by atoms with Gasteiger partial charge in [-0.2, -0.15) is 8.78 Å². The third-order valence-electron chi connectivity index (χ3n) is 6.78. The van der Waals surface area contributed by atoms with Crippen LogP contribution in [0, 0.1) is 5.41 Å². The Labute approximate surface area is 206 Å². The Hall–Kier alpha value is -3.05. The van der Waals surface area contributed by atoms with Gasteiger partial charge in [0.15, 0.2) is 15.6 Å². The lowest BCUT2D eigenvalue weighted by Crippen LogP contribution is -2.47. The summed E-state index contributed by atoms with van der Waals surface area (Å²) in [5, 5.41) is 0. The maximum absolute atomic E-state index is 13.7. The first-order chi connectivity index (χ1) is 17.1. The van der Waals surface area contributed by atoms with Gasteiger partial charge in [0.25, 0.3) is 0 Å². The van der Waals surface area contributed by atoms with E-state index in [1.54, 1.807) is 35.8 Å². The average Bonchev–Trinajstić information content (AvgIpc) is 3.08. The highest BCUT2D eigenvalue weighted by Crippen LogP contribution is 2.37. The molecule has 5 rings (SSSR count). The molecule has 2 aliphatic heterocycles. The van der Waals surface area contributed by atoms with Gasteiger partial charge < -0.3 is 9.47 Å². The van der Waals surface area contributed by atoms with E-state index < -0.39 is 21.9 Å². The van der Waals surface area contributed by atoms with Gasteiger partial charge in [-0.15, -0.1) is 0 Å². The fourth-order valence-corrected chi connectivity index (χ4v) is 7.59. The van der Waals surface area contributed by atoms with Gasteiger partial charge in [-0.3, -0.25) is 13.9 Å². The van der Waals surface area contributed by atoms with Gasteiger partial charge >= 0.3 is 12.3 Å². The van der Waals surface area contributed by atoms with Crippen LogP contribution in [-0.4, -0.2) is 54.7 Å². The molecule has 0 amide bonds. The Morgan fingerprint density at radius 2 is 1.86 bits per heavy atom. The number of ketones is 1. The zero-order valence-corrected chi connectivity index (χ0v) is 20.5. The van der Waals surface area contributed by atoms with Gasteiger partial charge in [0.2, 0.25) is 0 Å². The molecule has 3 heterocycles. The van der Waals surface area contributed by atoms with E-state index in [-0.39, 0.29) is 41.2 Å². The monoisotopic (exact) mass is 520 g/mol. The number of sulfone groups is 1. The highest BCUT2D eigenvalue weighted by Gasteiger charge is 2.45. The summed E-state index contributed by atoms with van der Waals surface area (Å²) < 4.78 is 61.9. The van der Waals surface area contributed by atoms with Gasteiger partial charge in [0, 0.05) is 42.7 Å². The van der Waals surface area contributed by atoms with Crippen molar-refractivity contribution < 1.29 is 31.5 Å². The van der Waals surface area contributed by atoms with Gasteiger partial charge in [0.05, 0.1) is 28.2 Å². The lowest BCUT2D eigenvalue weighted by atomic mass is 9.86. The van der Waals surface area contributed by atoms with Crippen LogP contribution in [0.25, 0.3) is 16.7 Å². The first kappa shape index (κ1) is 24.6. The molecule has 2 aromatic carbocycles. The minimum Gasteiger partial charge on any atom is -0.435 e. The Bertz CT molecular complexity index is 1480. The summed E-state index contributed by atoms with van der Waals surface area (Å²) in [7, 11) is -3.09. The highest BCUT2D eigenvalue weighted by atomic mass is 32.2. The number of ether oxygens (including phenoxy) is 2. The molecule has 0 aliphatic carbocycles. The van der Waals surface area contributed by atoms with E-state index in [4.69, 9.17) is 4.74 Å². The van der Waals surface area contributed by atoms with Crippen molar-refractivity contribution in [2.75, 3.05) is 24.7 Å². The zero-order valence-electron chi connectivity index (χ0n) is 19.7. The summed E-state index contributed by atoms with van der Waals surface area (Å²) in [5.74, 6) is -0.306. The lowest BCUT2D eigenvalue weighted by Gasteiger charge is -2.37. The summed E-state index contributed by atoms with van der Waals surface area (Å²) in [6.07, 6.45) is 1.32. The number of alkyl halides is 2. The summed E-state index contributed by atoms with van der Waals surface area (Å²) in [5.41, 5.74) is 0.871. The number of Topliss-reactive ketones (excluding diaryl/α,β-unsaturated/α-hetero) is 1. The number of halogens is 2. The van der Waals surface area contributed by atoms with Crippen molar-refractivity contribution in [2.24, 2.45) is 5.41 Å². The van der Waals surface area contributed by atoms with E-state index in [0.717, 1.165) is 0 Å². The minimum atomic E-state index is -3.09. The quantitative estimate of drug-likeness (QED) is 0.441. The molecule has 2 aliphatic rings. The Balaban J connectivity index is 1.59. The Morgan fingerprint density at radius 1 is 1.14 bits per heavy atom. The van der Waals surface area contributed by atoms with Crippen LogP contribution in [0.4, 0.5) is 8.78 Å². The van der Waals surface area contributed by atoms with E-state index in [1.165, 1.54) is 22.8 Å². The second-order valence-electron chi connectivity index (χ2n) is 9.85. The molecule has 0 radical (unpaired) electrons. The van der Waals surface area contributed by atoms with Crippen LogP contribution in [0.5, 0.6) is 5.75 Å². The van der Waals surface area contributed by atoms with Crippen molar-refractivity contribution in [3.05, 3.63) is 58.5 Å². The van der Waals surface area contributed by atoms with Crippen molar-refractivity contribution in [3.8, 4) is 11.4 Å². The maximum Gasteiger partial charge on any atom is 0.387 e. The normalized spacial score (nSPS) is 19.3. The van der Waals surface area contributed by atoms with Crippen LogP contribution in [0.2, 0.25) is 0 Å². The molecule has 0 spiro atoms. The van der Waals surface area contributed by atoms with Crippen molar-refractivity contribution in [1.29, 1.82) is 0 Å². The van der Waals surface area contributed by atoms with Gasteiger partial charge in [-0.05, 0) is 43.2 Å². The topological polar surface area (TPSA) is 96.6 Å². The number of imidazole rings is 1. The van der Waals surface area contributed by atoms with Crippen LogP contribution in [0.3, 0.4) is 0 Å². The van der Waals surface area contributed by atoms with Crippen LogP contribution >= 0.6 is 0 Å². The molecular weight excluding hydrogens is 494 g/mol. The number of nitrogens with zero attached hydrogens (tertiary/aromatic N) is 2. The molecular formula is C25H26F2N2O6S. The first-order valence-electron chi connectivity index (χ1n) is 11.7. The fourth-order valence-electron chi connectivity index (χ4n) is 5.35. The molecule has 0 unspecified atom stereocenters. The number of carbonyl (C=O) groups is 1. The molecule has 0 bridgehead atoms. The molecule has 8 nitrogen and oxygen atoms in total. The number of aromatic nitrogens is 2. The fraction of sp³-hybridized carbons (Fsp3) is 0.440. The second-order valence-corrected chi connectivity index (χ2v) is 11.9. The summed E-state index contributed by atoms with van der Waals surface area (Å²) in [6.45, 7) is -0.227. The van der Waals surface area contributed by atoms with Crippen molar-refractivity contribution in [1.82, 2.24) is 9.13 Å². The molecule has 2 saturated heterocycles. The van der Waals surface area contributed by atoms with E-state index >= 15 is 0 Å². The maximum atomic E-state index is 13.7. The van der Waals surface area contributed by atoms with Crippen LogP contribution < -0.4 is 10.4 Å². The molecule has 2 fully saturated rings. The zero-order chi connectivity index (χ0) is 25.7. The number of rotatable bonds is 7. The van der Waals surface area contributed by atoms with Crippen molar-refractivity contribution in [3.63, 3.8) is 0 Å². The number of benzene rings is 2. The van der Waals surface area contributed by atoms with E-state index in [2.05, 4.69) is 4.74 Å². The molecule has 1 aromatic heterocycles. The van der Waals surface area contributed by atoms with Gasteiger partial charge in [0.1, 0.15) is 5.75 Å². The standard InChI is InChI=1S/C25H26F2N2O6S/c1-25(14-36(32,33)15-25)13-22(30)16-5-6-20-21(11-16)28(17-7-9-34-10-8-17)24(31)29(20)18-3-2-4-19(12-18)35-23(26)27/h2-6,11-12,17,23H,7-10,13-15H2,1H3. The van der Waals surface area contributed by atoms with Crippen molar-refractivity contribution in [2.45, 2.75) is 38.8 Å². The smallest absolute Gasteiger partial charge is 0.387 e. The lowest BCUT2D eigenvalue weighted by molar-refractivity contribution is -0.0498. The largest absolute Gasteiger partial charge is 0.435 e. The summed E-state index contributed by atoms with van der Waals surface area (Å²) in [4.78, 5) is 26.8. The Morgan fingerprint density at radius 3 is 2.53 bits per heavy atom. The second kappa shape index (κ2) is 9.11. The van der Waals surface area contributed by atoms with Gasteiger partial charge in [-0.25, -0.2) is 13.2 Å². The first-order valence-corrected chi connectivity index (χ1v) is 13.5. The molecule has 192 valence electrons. The van der Waals surface area contributed by atoms with Crippen LogP contribution in [-0.2, 0) is 14.6 Å². The predicted octanol–water partition coefficient (Wildman–Crippen LogP) is 3.75. The molecule has 0 atom stereocenters. The molecule has 3 aromatic rings. The SMILES string of the molecule is CC1(CC(=O)c2ccc3c(c2)n(C2CCOCC2)c(=O)n3-c2cccc(OC(F)F)c2)CS(=O)(=O)C1. The minimum absolute atomic E-state index is 0.0197. The van der Waals surface area contributed by atoms with Crippen molar-refractivity contribution >= 4 is 26.7 Å². The van der Waals surface area contributed by atoms with Crippen LogP contribution in [0.1, 0.15) is 42.6 Å². The molecule has 36 heavy (non-hydrogen) atoms. The predicted molar refractivity (Wildman–Crippen MR) is 129 cm³/mol. The molecule has 0 saturated carbocycles. The molecule has 11 heteroatoms. The number of hydrogen-bond donors (Lipinski definition) is 0. The molecule has 0 N–H and O–H groups in total. The van der Waals surface area contributed by atoms with E-state index in [1.807, 2.05) is 0 Å². The highest BCUT2D eigenvalue weighted by molar-refractivity contribution is 7.92. The summed E-state index contributed by atoms with van der Waals surface area (Å²) in [6, 6.07) is 10.7. The summed E-state index contributed by atoms with van der Waals surface area (Å²) >= 11 is 0. The third kappa shape index (κ3) is 4.69. The van der Waals surface area contributed by atoms with E-state index in [9.17, 15) is 26.8 Å². The van der Waals surface area contributed by atoms with Crippen LogP contribution in [0.15, 0.2) is 47.3 Å². The van der Waals surface area contributed by atoms with E-state index in [0.29, 0.717) is 48.3 Å².